The second kappa shape index (κ2) is 7.43. The number of carbonyl (C=O) groups is 1. The predicted octanol–water partition coefficient (Wildman–Crippen LogP) is 5.77. The SMILES string of the molecule is CC(C)(C)c1cc(C(=O)Oc2ccc(Cl)c([N+](=O)[O-])c2)cc(C(C)(C)C)c1O. The smallest absolute Gasteiger partial charge is 0.343 e. The molecule has 0 saturated heterocycles. The Labute approximate surface area is 169 Å². The van der Waals surface area contributed by atoms with Crippen molar-refractivity contribution in [2.75, 3.05) is 0 Å². The molecule has 0 bridgehead atoms. The van der Waals surface area contributed by atoms with Crippen LogP contribution < -0.4 is 4.74 Å². The molecule has 0 aromatic heterocycles. The predicted molar refractivity (Wildman–Crippen MR) is 109 cm³/mol. The van der Waals surface area contributed by atoms with Crippen LogP contribution in [0.2, 0.25) is 5.02 Å². The van der Waals surface area contributed by atoms with Crippen molar-refractivity contribution < 1.29 is 19.6 Å². The van der Waals surface area contributed by atoms with Gasteiger partial charge < -0.3 is 9.84 Å². The van der Waals surface area contributed by atoms with Crippen LogP contribution in [-0.2, 0) is 10.8 Å². The molecule has 0 spiro atoms. The number of phenols is 1. The van der Waals surface area contributed by atoms with E-state index in [4.69, 9.17) is 16.3 Å². The highest BCUT2D eigenvalue weighted by atomic mass is 35.5. The number of aromatic hydroxyl groups is 1. The number of carbonyl (C=O) groups excluding carboxylic acids is 1. The quantitative estimate of drug-likeness (QED) is 0.303. The largest absolute Gasteiger partial charge is 0.507 e. The third-order valence-corrected chi connectivity index (χ3v) is 4.61. The van der Waals surface area contributed by atoms with E-state index in [0.29, 0.717) is 11.1 Å². The van der Waals surface area contributed by atoms with Gasteiger partial charge in [-0.1, -0.05) is 53.1 Å². The summed E-state index contributed by atoms with van der Waals surface area (Å²) in [5.41, 5.74) is 0.343. The van der Waals surface area contributed by atoms with Crippen molar-refractivity contribution in [2.24, 2.45) is 0 Å². The molecule has 0 unspecified atom stereocenters. The molecule has 0 amide bonds. The van der Waals surface area contributed by atoms with Crippen molar-refractivity contribution >= 4 is 23.3 Å². The molecule has 0 atom stereocenters. The first-order valence-electron chi connectivity index (χ1n) is 8.76. The van der Waals surface area contributed by atoms with Crippen molar-refractivity contribution in [3.8, 4) is 11.5 Å². The zero-order chi connectivity index (χ0) is 21.4. The van der Waals surface area contributed by atoms with E-state index < -0.39 is 21.7 Å². The van der Waals surface area contributed by atoms with Crippen LogP contribution in [0.3, 0.4) is 0 Å². The van der Waals surface area contributed by atoms with Gasteiger partial charge in [-0.25, -0.2) is 4.79 Å². The molecule has 1 N–H and O–H groups in total. The molecule has 2 aromatic rings. The number of nitro benzene ring substituents is 1. The third kappa shape index (κ3) is 4.62. The van der Waals surface area contributed by atoms with Gasteiger partial charge in [-0.3, -0.25) is 10.1 Å². The molecular weight excluding hydrogens is 382 g/mol. The van der Waals surface area contributed by atoms with Crippen molar-refractivity contribution in [3.05, 3.63) is 62.2 Å². The minimum atomic E-state index is -0.673. The van der Waals surface area contributed by atoms with Crippen molar-refractivity contribution in [3.63, 3.8) is 0 Å². The number of esters is 1. The summed E-state index contributed by atoms with van der Waals surface area (Å²) in [5.74, 6) is -0.505. The van der Waals surface area contributed by atoms with E-state index in [9.17, 15) is 20.0 Å². The van der Waals surface area contributed by atoms with Crippen LogP contribution in [0.15, 0.2) is 30.3 Å². The van der Waals surface area contributed by atoms with Gasteiger partial charge in [-0.15, -0.1) is 0 Å². The maximum atomic E-state index is 12.7. The highest BCUT2D eigenvalue weighted by molar-refractivity contribution is 6.32. The van der Waals surface area contributed by atoms with Gasteiger partial charge in [0.1, 0.15) is 16.5 Å². The van der Waals surface area contributed by atoms with E-state index in [1.165, 1.54) is 12.1 Å². The van der Waals surface area contributed by atoms with Gasteiger partial charge in [-0.05, 0) is 35.1 Å². The molecule has 0 aliphatic rings. The normalized spacial score (nSPS) is 12.0. The zero-order valence-electron chi connectivity index (χ0n) is 16.8. The lowest BCUT2D eigenvalue weighted by Crippen LogP contribution is -2.20. The molecular formula is C21H24ClNO5. The van der Waals surface area contributed by atoms with Crippen LogP contribution in [0, 0.1) is 10.1 Å². The van der Waals surface area contributed by atoms with E-state index in [1.807, 2.05) is 41.5 Å². The van der Waals surface area contributed by atoms with E-state index in [2.05, 4.69) is 0 Å². The summed E-state index contributed by atoms with van der Waals surface area (Å²) >= 11 is 5.79. The van der Waals surface area contributed by atoms with Gasteiger partial charge >= 0.3 is 5.97 Å². The van der Waals surface area contributed by atoms with Crippen LogP contribution in [0.1, 0.15) is 63.0 Å². The summed E-state index contributed by atoms with van der Waals surface area (Å²) in [6.07, 6.45) is 0. The number of halogens is 1. The molecule has 2 rings (SSSR count). The first-order valence-corrected chi connectivity index (χ1v) is 9.13. The van der Waals surface area contributed by atoms with Crippen LogP contribution >= 0.6 is 11.6 Å². The molecule has 0 aliphatic carbocycles. The number of hydrogen-bond acceptors (Lipinski definition) is 5. The molecule has 28 heavy (non-hydrogen) atoms. The summed E-state index contributed by atoms with van der Waals surface area (Å²) in [4.78, 5) is 23.1. The number of phenolic OH excluding ortho intramolecular Hbond substituents is 1. The number of hydrogen-bond donors (Lipinski definition) is 1. The van der Waals surface area contributed by atoms with Gasteiger partial charge in [0.2, 0.25) is 0 Å². The van der Waals surface area contributed by atoms with Gasteiger partial charge in [0.15, 0.2) is 0 Å². The van der Waals surface area contributed by atoms with E-state index >= 15 is 0 Å². The fourth-order valence-corrected chi connectivity index (χ4v) is 2.94. The monoisotopic (exact) mass is 405 g/mol. The lowest BCUT2D eigenvalue weighted by Gasteiger charge is -2.27. The summed E-state index contributed by atoms with van der Waals surface area (Å²) in [6.45, 7) is 11.6. The van der Waals surface area contributed by atoms with Crippen molar-refractivity contribution in [1.29, 1.82) is 0 Å². The first kappa shape index (κ1) is 21.7. The summed E-state index contributed by atoms with van der Waals surface area (Å²) < 4.78 is 5.34. The Morgan fingerprint density at radius 3 is 1.96 bits per heavy atom. The molecule has 2 aromatic carbocycles. The standard InChI is InChI=1S/C21H24ClNO5/c1-20(2,3)14-9-12(10-15(18(14)24)21(4,5)6)19(25)28-13-7-8-16(22)17(11-13)23(26)27/h7-11,24H,1-6H3. The number of nitrogens with zero attached hydrogens (tertiary/aromatic N) is 1. The van der Waals surface area contributed by atoms with Crippen LogP contribution in [0.5, 0.6) is 11.5 Å². The third-order valence-electron chi connectivity index (χ3n) is 4.29. The number of benzene rings is 2. The summed E-state index contributed by atoms with van der Waals surface area (Å²) in [6, 6.07) is 6.99. The second-order valence-electron chi connectivity index (χ2n) is 8.68. The maximum absolute atomic E-state index is 12.7. The molecule has 0 saturated carbocycles. The van der Waals surface area contributed by atoms with Crippen LogP contribution in [-0.4, -0.2) is 16.0 Å². The fourth-order valence-electron chi connectivity index (χ4n) is 2.76. The summed E-state index contributed by atoms with van der Waals surface area (Å²) in [7, 11) is 0. The maximum Gasteiger partial charge on any atom is 0.343 e. The Bertz CT molecular complexity index is 904. The number of nitro groups is 1. The average Bonchev–Trinajstić information content (AvgIpc) is 2.54. The van der Waals surface area contributed by atoms with E-state index in [0.717, 1.165) is 6.07 Å². The van der Waals surface area contributed by atoms with Gasteiger partial charge in [0.05, 0.1) is 16.6 Å². The van der Waals surface area contributed by atoms with Crippen molar-refractivity contribution in [2.45, 2.75) is 52.4 Å². The zero-order valence-corrected chi connectivity index (χ0v) is 17.5. The Hall–Kier alpha value is -2.60. The van der Waals surface area contributed by atoms with Crippen LogP contribution in [0.4, 0.5) is 5.69 Å². The van der Waals surface area contributed by atoms with E-state index in [-0.39, 0.29) is 27.8 Å². The minimum Gasteiger partial charge on any atom is -0.507 e. The number of ether oxygens (including phenoxy) is 1. The molecule has 7 heteroatoms. The molecule has 6 nitrogen and oxygen atoms in total. The Kier molecular flexibility index (Phi) is 5.76. The molecule has 0 heterocycles. The molecule has 0 aliphatic heterocycles. The van der Waals surface area contributed by atoms with Gasteiger partial charge in [0, 0.05) is 11.1 Å². The average molecular weight is 406 g/mol. The minimum absolute atomic E-state index is 0.0174. The van der Waals surface area contributed by atoms with Crippen molar-refractivity contribution in [1.82, 2.24) is 0 Å². The lowest BCUT2D eigenvalue weighted by molar-refractivity contribution is -0.384. The molecule has 0 radical (unpaired) electrons. The molecule has 0 fully saturated rings. The Balaban J connectivity index is 2.51. The van der Waals surface area contributed by atoms with Crippen LogP contribution in [0.25, 0.3) is 0 Å². The fraction of sp³-hybridized carbons (Fsp3) is 0.381. The Morgan fingerprint density at radius 2 is 1.54 bits per heavy atom. The van der Waals surface area contributed by atoms with Gasteiger partial charge in [-0.2, -0.15) is 0 Å². The number of rotatable bonds is 3. The van der Waals surface area contributed by atoms with E-state index in [1.54, 1.807) is 12.1 Å². The highest BCUT2D eigenvalue weighted by Gasteiger charge is 2.28. The lowest BCUT2D eigenvalue weighted by atomic mass is 9.78. The Morgan fingerprint density at radius 1 is 1.04 bits per heavy atom. The molecule has 150 valence electrons. The first-order chi connectivity index (χ1) is 12.7. The highest BCUT2D eigenvalue weighted by Crippen LogP contribution is 2.40. The summed E-state index contributed by atoms with van der Waals surface area (Å²) in [5, 5.41) is 21.7. The van der Waals surface area contributed by atoms with Gasteiger partial charge in [0.25, 0.3) is 5.69 Å². The topological polar surface area (TPSA) is 89.7 Å². The second-order valence-corrected chi connectivity index (χ2v) is 9.09.